The van der Waals surface area contributed by atoms with E-state index in [1.807, 2.05) is 0 Å². The molecule has 1 saturated carbocycles. The number of rotatable bonds is 3. The van der Waals surface area contributed by atoms with Crippen LogP contribution in [0.4, 0.5) is 4.39 Å². The quantitative estimate of drug-likeness (QED) is 0.577. The van der Waals surface area contributed by atoms with E-state index in [4.69, 9.17) is 4.74 Å². The van der Waals surface area contributed by atoms with Gasteiger partial charge < -0.3 is 4.74 Å². The molecule has 1 aromatic carbocycles. The molecule has 0 atom stereocenters. The summed E-state index contributed by atoms with van der Waals surface area (Å²) in [4.78, 5) is 0. The van der Waals surface area contributed by atoms with Crippen LogP contribution in [0, 0.1) is 15.3 Å². The van der Waals surface area contributed by atoms with E-state index in [0.29, 0.717) is 18.3 Å². The lowest BCUT2D eigenvalue weighted by atomic mass is 10.3. The van der Waals surface area contributed by atoms with Crippen LogP contribution in [0.25, 0.3) is 0 Å². The molecule has 0 radical (unpaired) electrons. The lowest BCUT2D eigenvalue weighted by Crippen LogP contribution is -2.02. The minimum Gasteiger partial charge on any atom is -0.489 e. The summed E-state index contributed by atoms with van der Waals surface area (Å²) in [5.74, 6) is 0.745. The Morgan fingerprint density at radius 1 is 1.50 bits per heavy atom. The summed E-state index contributed by atoms with van der Waals surface area (Å²) in [6.07, 6.45) is 2.43. The minimum absolute atomic E-state index is 0.279. The van der Waals surface area contributed by atoms with Crippen molar-refractivity contribution in [3.63, 3.8) is 0 Å². The van der Waals surface area contributed by atoms with Crippen molar-refractivity contribution in [2.45, 2.75) is 12.8 Å². The molecule has 0 heterocycles. The summed E-state index contributed by atoms with van der Waals surface area (Å²) >= 11 is 5.43. The van der Waals surface area contributed by atoms with Crippen molar-refractivity contribution in [2.75, 3.05) is 6.61 Å². The second-order valence-electron chi connectivity index (χ2n) is 3.43. The third-order valence-corrected chi connectivity index (χ3v) is 4.64. The molecule has 0 N–H and O–H groups in total. The third kappa shape index (κ3) is 2.39. The van der Waals surface area contributed by atoms with E-state index in [9.17, 15) is 4.39 Å². The van der Waals surface area contributed by atoms with Crippen LogP contribution in [0.3, 0.4) is 0 Å². The zero-order chi connectivity index (χ0) is 10.1. The van der Waals surface area contributed by atoms with Gasteiger partial charge in [0.05, 0.1) is 10.2 Å². The van der Waals surface area contributed by atoms with Gasteiger partial charge in [-0.25, -0.2) is 4.39 Å². The molecule has 0 aliphatic heterocycles. The van der Waals surface area contributed by atoms with Crippen LogP contribution in [0.1, 0.15) is 12.8 Å². The fourth-order valence-electron chi connectivity index (χ4n) is 1.13. The van der Waals surface area contributed by atoms with E-state index in [1.54, 1.807) is 6.07 Å². The van der Waals surface area contributed by atoms with Gasteiger partial charge in [-0.1, -0.05) is 0 Å². The van der Waals surface area contributed by atoms with Crippen LogP contribution in [0.5, 0.6) is 5.75 Å². The normalized spacial score (nSPS) is 15.6. The van der Waals surface area contributed by atoms with Gasteiger partial charge in [0.25, 0.3) is 0 Å². The van der Waals surface area contributed by atoms with Gasteiger partial charge in [-0.2, -0.15) is 0 Å². The molecule has 1 aliphatic rings. The highest BCUT2D eigenvalue weighted by molar-refractivity contribution is 14.1. The fraction of sp³-hybridized carbons (Fsp3) is 0.400. The van der Waals surface area contributed by atoms with Crippen molar-refractivity contribution < 1.29 is 9.13 Å². The number of halogens is 3. The molecular weight excluding hydrogens is 362 g/mol. The zero-order valence-corrected chi connectivity index (χ0v) is 11.1. The van der Waals surface area contributed by atoms with E-state index in [1.165, 1.54) is 18.9 Å². The molecule has 0 bridgehead atoms. The molecule has 14 heavy (non-hydrogen) atoms. The molecule has 1 aliphatic carbocycles. The Labute approximate surface area is 104 Å². The van der Waals surface area contributed by atoms with Gasteiger partial charge in [-0.15, -0.1) is 0 Å². The monoisotopic (exact) mass is 370 g/mol. The Bertz CT molecular complexity index is 352. The van der Waals surface area contributed by atoms with Crippen molar-refractivity contribution >= 4 is 38.5 Å². The van der Waals surface area contributed by atoms with Crippen LogP contribution in [-0.2, 0) is 0 Å². The van der Waals surface area contributed by atoms with Gasteiger partial charge in [0.1, 0.15) is 0 Å². The first-order chi connectivity index (χ1) is 6.68. The van der Waals surface area contributed by atoms with Crippen molar-refractivity contribution in [3.8, 4) is 5.75 Å². The molecule has 0 amide bonds. The minimum atomic E-state index is -0.279. The maximum atomic E-state index is 13.4. The molecule has 76 valence electrons. The lowest BCUT2D eigenvalue weighted by Gasteiger charge is -2.09. The number of ether oxygens (including phenoxy) is 1. The molecule has 4 heteroatoms. The van der Waals surface area contributed by atoms with E-state index < -0.39 is 0 Å². The standard InChI is InChI=1S/C10H9BrFIO/c11-7-3-4-8(12)10(9(7)13)14-5-6-1-2-6/h3-4,6H,1-2,5H2. The largest absolute Gasteiger partial charge is 0.489 e. The Balaban J connectivity index is 2.16. The smallest absolute Gasteiger partial charge is 0.169 e. The van der Waals surface area contributed by atoms with Gasteiger partial charge >= 0.3 is 0 Å². The van der Waals surface area contributed by atoms with Crippen LogP contribution in [0.2, 0.25) is 0 Å². The predicted molar refractivity (Wildman–Crippen MR) is 65.0 cm³/mol. The molecule has 1 nitrogen and oxygen atoms in total. The molecule has 0 unspecified atom stereocenters. The van der Waals surface area contributed by atoms with Crippen LogP contribution in [-0.4, -0.2) is 6.61 Å². The van der Waals surface area contributed by atoms with E-state index >= 15 is 0 Å². The van der Waals surface area contributed by atoms with Gasteiger partial charge in [0.2, 0.25) is 0 Å². The van der Waals surface area contributed by atoms with E-state index in [2.05, 4.69) is 38.5 Å². The third-order valence-electron chi connectivity index (χ3n) is 2.16. The van der Waals surface area contributed by atoms with Crippen molar-refractivity contribution in [2.24, 2.45) is 5.92 Å². The molecular formula is C10H9BrFIO. The first-order valence-corrected chi connectivity index (χ1v) is 6.32. The summed E-state index contributed by atoms with van der Waals surface area (Å²) in [7, 11) is 0. The maximum Gasteiger partial charge on any atom is 0.169 e. The van der Waals surface area contributed by atoms with E-state index in [-0.39, 0.29) is 5.82 Å². The summed E-state index contributed by atoms with van der Waals surface area (Å²) in [5, 5.41) is 0. The molecule has 1 fully saturated rings. The Morgan fingerprint density at radius 3 is 2.86 bits per heavy atom. The summed E-state index contributed by atoms with van der Waals surface area (Å²) < 4.78 is 20.5. The highest BCUT2D eigenvalue weighted by atomic mass is 127. The van der Waals surface area contributed by atoms with Crippen LogP contribution >= 0.6 is 38.5 Å². The average molecular weight is 371 g/mol. The zero-order valence-electron chi connectivity index (χ0n) is 7.40. The van der Waals surface area contributed by atoms with Crippen molar-refractivity contribution in [1.82, 2.24) is 0 Å². The maximum absolute atomic E-state index is 13.4. The van der Waals surface area contributed by atoms with E-state index in [0.717, 1.165) is 8.04 Å². The number of benzene rings is 1. The Hall–Kier alpha value is 0.160. The molecule has 1 aromatic rings. The highest BCUT2D eigenvalue weighted by Gasteiger charge is 2.23. The summed E-state index contributed by atoms with van der Waals surface area (Å²) in [5.41, 5.74) is 0. The van der Waals surface area contributed by atoms with Gasteiger partial charge in [0.15, 0.2) is 11.6 Å². The SMILES string of the molecule is Fc1ccc(Br)c(I)c1OCC1CC1. The number of hydrogen-bond donors (Lipinski definition) is 0. The molecule has 0 aromatic heterocycles. The first-order valence-electron chi connectivity index (χ1n) is 4.45. The molecule has 0 saturated heterocycles. The Kier molecular flexibility index (Phi) is 3.31. The van der Waals surface area contributed by atoms with Crippen molar-refractivity contribution in [3.05, 3.63) is 26.0 Å². The second-order valence-corrected chi connectivity index (χ2v) is 5.36. The summed E-state index contributed by atoms with van der Waals surface area (Å²) in [6, 6.07) is 3.12. The second kappa shape index (κ2) is 4.35. The lowest BCUT2D eigenvalue weighted by molar-refractivity contribution is 0.283. The van der Waals surface area contributed by atoms with Crippen molar-refractivity contribution in [1.29, 1.82) is 0 Å². The average Bonchev–Trinajstić information content (AvgIpc) is 2.95. The highest BCUT2D eigenvalue weighted by Crippen LogP contribution is 2.34. The van der Waals surface area contributed by atoms with Gasteiger partial charge in [0, 0.05) is 4.47 Å². The van der Waals surface area contributed by atoms with Crippen LogP contribution in [0.15, 0.2) is 16.6 Å². The first kappa shape index (κ1) is 10.7. The summed E-state index contributed by atoms with van der Waals surface area (Å²) in [6.45, 7) is 0.642. The fourth-order valence-corrected chi connectivity index (χ4v) is 2.03. The van der Waals surface area contributed by atoms with Gasteiger partial charge in [-0.05, 0) is 69.4 Å². The molecule has 2 rings (SSSR count). The molecule has 0 spiro atoms. The number of hydrogen-bond acceptors (Lipinski definition) is 1. The van der Waals surface area contributed by atoms with Gasteiger partial charge in [-0.3, -0.25) is 0 Å². The predicted octanol–water partition coefficient (Wildman–Crippen LogP) is 3.98. The van der Waals surface area contributed by atoms with Crippen LogP contribution < -0.4 is 4.74 Å². The topological polar surface area (TPSA) is 9.23 Å². The Morgan fingerprint density at radius 2 is 2.21 bits per heavy atom.